The van der Waals surface area contributed by atoms with E-state index in [1.807, 2.05) is 0 Å². The summed E-state index contributed by atoms with van der Waals surface area (Å²) >= 11 is 0. The third-order valence-electron chi connectivity index (χ3n) is 3.69. The number of fused-ring (bicyclic) bond motifs is 1. The fourth-order valence-electron chi connectivity index (χ4n) is 2.38. The topological polar surface area (TPSA) is 117 Å². The van der Waals surface area contributed by atoms with Gasteiger partial charge in [-0.1, -0.05) is 18.2 Å². The Morgan fingerprint density at radius 1 is 1.08 bits per heavy atom. The number of phenols is 1. The van der Waals surface area contributed by atoms with Gasteiger partial charge in [0.15, 0.2) is 5.56 Å². The number of aromatic hydroxyl groups is 2. The van der Waals surface area contributed by atoms with Crippen molar-refractivity contribution in [1.29, 1.82) is 0 Å². The average molecular weight is 339 g/mol. The summed E-state index contributed by atoms with van der Waals surface area (Å²) in [5, 5.41) is 22.0. The highest BCUT2D eigenvalue weighted by atomic mass is 16.4. The van der Waals surface area contributed by atoms with Crippen LogP contribution in [0.1, 0.15) is 15.9 Å². The number of Topliss-reactive ketones (excluding diaryl/α,β-unsaturated/α-hetero) is 1. The Kier molecular flexibility index (Phi) is 3.98. The van der Waals surface area contributed by atoms with Gasteiger partial charge in [-0.05, 0) is 30.7 Å². The number of hydrogen-bond donors (Lipinski definition) is 3. The average Bonchev–Trinajstić information content (AvgIpc) is 2.56. The van der Waals surface area contributed by atoms with Gasteiger partial charge in [0.25, 0.3) is 11.7 Å². The van der Waals surface area contributed by atoms with E-state index in [0.29, 0.717) is 5.69 Å². The Morgan fingerprint density at radius 3 is 2.52 bits per heavy atom. The SMILES string of the molecule is Cc1ccccc1NC(=O)C(=O)c1c(O)c2ccc(O)cc2oc1=O. The van der Waals surface area contributed by atoms with Crippen LogP contribution in [0.25, 0.3) is 11.0 Å². The van der Waals surface area contributed by atoms with Gasteiger partial charge in [0, 0.05) is 11.8 Å². The summed E-state index contributed by atoms with van der Waals surface area (Å²) in [5.41, 5.74) is -0.882. The predicted octanol–water partition coefficient (Wildman–Crippen LogP) is 2.33. The molecule has 0 aliphatic carbocycles. The molecule has 0 unspecified atom stereocenters. The van der Waals surface area contributed by atoms with Crippen LogP contribution in [0, 0.1) is 6.92 Å². The standard InChI is InChI=1S/C18H13NO6/c1-9-4-2-3-5-12(9)19-17(23)16(22)14-15(21)11-7-6-10(20)8-13(11)25-18(14)24/h2-8,20-21H,1H3,(H,19,23). The van der Waals surface area contributed by atoms with Gasteiger partial charge in [0.05, 0.1) is 5.39 Å². The predicted molar refractivity (Wildman–Crippen MR) is 90.0 cm³/mol. The van der Waals surface area contributed by atoms with Crippen LogP contribution >= 0.6 is 0 Å². The molecule has 0 saturated carbocycles. The minimum absolute atomic E-state index is 0.0319. The number of aryl methyl sites for hydroxylation is 1. The quantitative estimate of drug-likeness (QED) is 0.383. The number of nitrogens with one attached hydrogen (secondary N) is 1. The van der Waals surface area contributed by atoms with Gasteiger partial charge in [0.1, 0.15) is 17.1 Å². The number of carbonyl (C=O) groups excluding carboxylic acids is 2. The Balaban J connectivity index is 2.02. The first-order valence-corrected chi connectivity index (χ1v) is 7.28. The molecule has 1 aromatic heterocycles. The van der Waals surface area contributed by atoms with Crippen molar-refractivity contribution >= 4 is 28.3 Å². The maximum Gasteiger partial charge on any atom is 0.351 e. The van der Waals surface area contributed by atoms with E-state index >= 15 is 0 Å². The van der Waals surface area contributed by atoms with Crippen LogP contribution in [0.15, 0.2) is 51.7 Å². The summed E-state index contributed by atoms with van der Waals surface area (Å²) in [4.78, 5) is 36.5. The van der Waals surface area contributed by atoms with Gasteiger partial charge in [-0.25, -0.2) is 4.79 Å². The first-order chi connectivity index (χ1) is 11.9. The molecule has 7 heteroatoms. The second kappa shape index (κ2) is 6.12. The molecule has 0 saturated heterocycles. The number of anilines is 1. The summed E-state index contributed by atoms with van der Waals surface area (Å²) in [5.74, 6) is -3.14. The number of amides is 1. The van der Waals surface area contributed by atoms with Crippen molar-refractivity contribution < 1.29 is 24.2 Å². The third-order valence-corrected chi connectivity index (χ3v) is 3.69. The Morgan fingerprint density at radius 2 is 1.80 bits per heavy atom. The number of rotatable bonds is 3. The molecule has 0 atom stereocenters. The second-order valence-corrected chi connectivity index (χ2v) is 5.39. The Hall–Kier alpha value is -3.61. The van der Waals surface area contributed by atoms with Gasteiger partial charge in [-0.15, -0.1) is 0 Å². The van der Waals surface area contributed by atoms with Crippen LogP contribution < -0.4 is 10.9 Å². The van der Waals surface area contributed by atoms with Crippen molar-refractivity contribution in [2.75, 3.05) is 5.32 Å². The van der Waals surface area contributed by atoms with Crippen LogP contribution in [0.2, 0.25) is 0 Å². The molecule has 0 spiro atoms. The zero-order valence-electron chi connectivity index (χ0n) is 13.1. The van der Waals surface area contributed by atoms with Crippen molar-refractivity contribution in [2.45, 2.75) is 6.92 Å². The molecule has 3 aromatic rings. The molecule has 1 heterocycles. The van der Waals surface area contributed by atoms with Crippen molar-refractivity contribution in [3.63, 3.8) is 0 Å². The van der Waals surface area contributed by atoms with Crippen molar-refractivity contribution in [3.8, 4) is 11.5 Å². The number of benzene rings is 2. The van der Waals surface area contributed by atoms with Crippen LogP contribution in [0.3, 0.4) is 0 Å². The molecule has 3 rings (SSSR count). The van der Waals surface area contributed by atoms with Crippen molar-refractivity contribution in [3.05, 3.63) is 64.0 Å². The van der Waals surface area contributed by atoms with Gasteiger partial charge in [0.2, 0.25) is 0 Å². The largest absolute Gasteiger partial charge is 0.508 e. The van der Waals surface area contributed by atoms with Crippen molar-refractivity contribution in [1.82, 2.24) is 0 Å². The van der Waals surface area contributed by atoms with Crippen LogP contribution in [-0.4, -0.2) is 21.9 Å². The van der Waals surface area contributed by atoms with Gasteiger partial charge in [-0.2, -0.15) is 0 Å². The van der Waals surface area contributed by atoms with Crippen LogP contribution in [0.5, 0.6) is 11.5 Å². The molecule has 25 heavy (non-hydrogen) atoms. The lowest BCUT2D eigenvalue weighted by molar-refractivity contribution is -0.112. The normalized spacial score (nSPS) is 10.6. The zero-order valence-corrected chi connectivity index (χ0v) is 13.1. The molecule has 1 amide bonds. The van der Waals surface area contributed by atoms with Gasteiger partial charge >= 0.3 is 5.63 Å². The molecule has 3 N–H and O–H groups in total. The summed E-state index contributed by atoms with van der Waals surface area (Å²) in [6.07, 6.45) is 0. The fourth-order valence-corrected chi connectivity index (χ4v) is 2.38. The number of para-hydroxylation sites is 1. The van der Waals surface area contributed by atoms with E-state index in [2.05, 4.69) is 5.32 Å². The maximum absolute atomic E-state index is 12.3. The summed E-state index contributed by atoms with van der Waals surface area (Å²) in [7, 11) is 0. The summed E-state index contributed by atoms with van der Waals surface area (Å²) in [6.45, 7) is 1.74. The number of hydrogen-bond acceptors (Lipinski definition) is 6. The van der Waals surface area contributed by atoms with E-state index in [0.717, 1.165) is 11.6 Å². The highest BCUT2D eigenvalue weighted by Crippen LogP contribution is 2.29. The second-order valence-electron chi connectivity index (χ2n) is 5.39. The minimum atomic E-state index is -1.22. The van der Waals surface area contributed by atoms with E-state index in [1.165, 1.54) is 12.1 Å². The molecular weight excluding hydrogens is 326 g/mol. The van der Waals surface area contributed by atoms with Crippen molar-refractivity contribution in [2.24, 2.45) is 0 Å². The number of ketones is 1. The summed E-state index contributed by atoms with van der Waals surface area (Å²) in [6, 6.07) is 10.5. The molecule has 0 aliphatic heterocycles. The molecular formula is C18H13NO6. The number of phenolic OH excluding ortho intramolecular Hbond substituents is 1. The van der Waals surface area contributed by atoms with Crippen LogP contribution in [-0.2, 0) is 4.79 Å². The van der Waals surface area contributed by atoms with E-state index in [1.54, 1.807) is 31.2 Å². The lowest BCUT2D eigenvalue weighted by atomic mass is 10.1. The zero-order chi connectivity index (χ0) is 18.1. The number of carbonyl (C=O) groups is 2. The smallest absolute Gasteiger partial charge is 0.351 e. The highest BCUT2D eigenvalue weighted by Gasteiger charge is 2.27. The lowest BCUT2D eigenvalue weighted by Crippen LogP contribution is -2.27. The molecule has 7 nitrogen and oxygen atoms in total. The molecule has 126 valence electrons. The maximum atomic E-state index is 12.3. The van der Waals surface area contributed by atoms with Crippen LogP contribution in [0.4, 0.5) is 5.69 Å². The monoisotopic (exact) mass is 339 g/mol. The van der Waals surface area contributed by atoms with E-state index < -0.39 is 28.6 Å². The lowest BCUT2D eigenvalue weighted by Gasteiger charge is -2.08. The van der Waals surface area contributed by atoms with Gasteiger partial charge in [-0.3, -0.25) is 9.59 Å². The molecule has 0 aliphatic rings. The Bertz CT molecular complexity index is 1070. The molecule has 0 radical (unpaired) electrons. The first-order valence-electron chi connectivity index (χ1n) is 7.28. The fraction of sp³-hybridized carbons (Fsp3) is 0.0556. The first kappa shape index (κ1) is 16.3. The molecule has 2 aromatic carbocycles. The molecule has 0 bridgehead atoms. The van der Waals surface area contributed by atoms with E-state index in [4.69, 9.17) is 4.42 Å². The Labute approximate surface area is 141 Å². The summed E-state index contributed by atoms with van der Waals surface area (Å²) < 4.78 is 4.92. The molecule has 0 fully saturated rings. The van der Waals surface area contributed by atoms with E-state index in [9.17, 15) is 24.6 Å². The third kappa shape index (κ3) is 2.94. The van der Waals surface area contributed by atoms with E-state index in [-0.39, 0.29) is 16.7 Å². The highest BCUT2D eigenvalue weighted by molar-refractivity contribution is 6.47. The minimum Gasteiger partial charge on any atom is -0.508 e. The van der Waals surface area contributed by atoms with Gasteiger partial charge < -0.3 is 19.9 Å².